The number of ether oxygens (including phenoxy) is 1. The van der Waals surface area contributed by atoms with E-state index in [4.69, 9.17) is 4.74 Å². The molecule has 8 heteroatoms. The van der Waals surface area contributed by atoms with Crippen molar-refractivity contribution < 1.29 is 23.4 Å². The number of hydrogen-bond acceptors (Lipinski definition) is 6. The van der Waals surface area contributed by atoms with Crippen LogP contribution in [0.2, 0.25) is 0 Å². The minimum absolute atomic E-state index is 0.0416. The maximum Gasteiger partial charge on any atom is 0.261 e. The van der Waals surface area contributed by atoms with E-state index >= 15 is 0 Å². The van der Waals surface area contributed by atoms with Gasteiger partial charge in [-0.15, -0.1) is 0 Å². The van der Waals surface area contributed by atoms with Gasteiger partial charge in [-0.1, -0.05) is 45.0 Å². The molecular formula is C27H34N2O5S. The largest absolute Gasteiger partial charge is 0.508 e. The van der Waals surface area contributed by atoms with Gasteiger partial charge in [0.25, 0.3) is 10.0 Å². The molecule has 0 fully saturated rings. The Morgan fingerprint density at radius 1 is 0.914 bits per heavy atom. The fourth-order valence-corrected chi connectivity index (χ4v) is 4.44. The van der Waals surface area contributed by atoms with Crippen molar-refractivity contribution in [1.29, 1.82) is 0 Å². The lowest BCUT2D eigenvalue weighted by Crippen LogP contribution is -2.32. The van der Waals surface area contributed by atoms with Gasteiger partial charge in [0.15, 0.2) is 0 Å². The molecule has 35 heavy (non-hydrogen) atoms. The molecule has 3 aromatic rings. The molecule has 0 amide bonds. The van der Waals surface area contributed by atoms with Crippen LogP contribution in [0.3, 0.4) is 0 Å². The minimum atomic E-state index is -3.66. The number of aliphatic hydroxyl groups excluding tert-OH is 1. The highest BCUT2D eigenvalue weighted by Gasteiger charge is 2.17. The molecule has 188 valence electrons. The van der Waals surface area contributed by atoms with Crippen LogP contribution in [-0.2, 0) is 21.9 Å². The smallest absolute Gasteiger partial charge is 0.261 e. The Morgan fingerprint density at radius 2 is 1.54 bits per heavy atom. The van der Waals surface area contributed by atoms with E-state index in [9.17, 15) is 18.6 Å². The summed E-state index contributed by atoms with van der Waals surface area (Å²) >= 11 is 0. The molecule has 0 aliphatic carbocycles. The number of aliphatic hydroxyl groups is 1. The monoisotopic (exact) mass is 498 g/mol. The standard InChI is InChI=1S/C27H34N2O5S/c1-27(2,3)21-6-14-26(15-7-21)35(32,33)29-22-8-4-20(5-9-22)16-17-28-18-24(31)19-34-25-12-10-23(30)11-13-25/h4-15,24,28-31H,16-19H2,1-3H3. The second kappa shape index (κ2) is 11.6. The van der Waals surface area contributed by atoms with Crippen molar-refractivity contribution in [2.45, 2.75) is 43.6 Å². The summed E-state index contributed by atoms with van der Waals surface area (Å²) in [4.78, 5) is 0.228. The molecule has 0 spiro atoms. The van der Waals surface area contributed by atoms with Crippen LogP contribution in [0.1, 0.15) is 31.9 Å². The molecule has 0 saturated carbocycles. The Labute approximate surface area is 207 Å². The topological polar surface area (TPSA) is 108 Å². The fraction of sp³-hybridized carbons (Fsp3) is 0.333. The number of nitrogens with one attached hydrogen (secondary N) is 2. The van der Waals surface area contributed by atoms with Crippen molar-refractivity contribution in [2.75, 3.05) is 24.4 Å². The van der Waals surface area contributed by atoms with Crippen LogP contribution in [0, 0.1) is 0 Å². The van der Waals surface area contributed by atoms with Crippen LogP contribution < -0.4 is 14.8 Å². The molecule has 3 aromatic carbocycles. The van der Waals surface area contributed by atoms with E-state index in [0.29, 0.717) is 24.5 Å². The maximum atomic E-state index is 12.7. The highest BCUT2D eigenvalue weighted by molar-refractivity contribution is 7.92. The zero-order chi connectivity index (χ0) is 25.5. The van der Waals surface area contributed by atoms with Crippen molar-refractivity contribution >= 4 is 15.7 Å². The van der Waals surface area contributed by atoms with E-state index in [0.717, 1.165) is 17.5 Å². The second-order valence-electron chi connectivity index (χ2n) is 9.49. The van der Waals surface area contributed by atoms with E-state index in [-0.39, 0.29) is 22.7 Å². The predicted molar refractivity (Wildman–Crippen MR) is 139 cm³/mol. The van der Waals surface area contributed by atoms with Crippen LogP contribution in [-0.4, -0.2) is 44.4 Å². The lowest BCUT2D eigenvalue weighted by Gasteiger charge is -2.19. The van der Waals surface area contributed by atoms with Crippen LogP contribution in [0.4, 0.5) is 5.69 Å². The SMILES string of the molecule is CC(C)(C)c1ccc(S(=O)(=O)Nc2ccc(CCNCC(O)COc3ccc(O)cc3)cc2)cc1. The Kier molecular flexibility index (Phi) is 8.77. The van der Waals surface area contributed by atoms with E-state index in [2.05, 4.69) is 30.8 Å². The first-order valence-electron chi connectivity index (χ1n) is 11.6. The van der Waals surface area contributed by atoms with Gasteiger partial charge in [-0.3, -0.25) is 4.72 Å². The summed E-state index contributed by atoms with van der Waals surface area (Å²) in [5.41, 5.74) is 2.58. The highest BCUT2D eigenvalue weighted by atomic mass is 32.2. The van der Waals surface area contributed by atoms with Crippen LogP contribution >= 0.6 is 0 Å². The quantitative estimate of drug-likeness (QED) is 0.297. The number of phenols is 1. The number of hydrogen-bond donors (Lipinski definition) is 4. The molecule has 0 aliphatic heterocycles. The van der Waals surface area contributed by atoms with Crippen molar-refractivity contribution in [3.8, 4) is 11.5 Å². The molecule has 4 N–H and O–H groups in total. The average Bonchev–Trinajstić information content (AvgIpc) is 2.82. The molecule has 3 rings (SSSR count). The van der Waals surface area contributed by atoms with E-state index in [1.165, 1.54) is 12.1 Å². The molecule has 0 aliphatic rings. The minimum Gasteiger partial charge on any atom is -0.508 e. The third-order valence-corrected chi connectivity index (χ3v) is 6.88. The lowest BCUT2D eigenvalue weighted by atomic mass is 9.87. The van der Waals surface area contributed by atoms with Crippen LogP contribution in [0.5, 0.6) is 11.5 Å². The van der Waals surface area contributed by atoms with Gasteiger partial charge in [-0.05, 0) is 78.0 Å². The molecule has 0 saturated heterocycles. The summed E-state index contributed by atoms with van der Waals surface area (Å²) in [5.74, 6) is 0.746. The van der Waals surface area contributed by atoms with Gasteiger partial charge in [0, 0.05) is 12.2 Å². The van der Waals surface area contributed by atoms with E-state index < -0.39 is 16.1 Å². The molecule has 1 unspecified atom stereocenters. The first-order chi connectivity index (χ1) is 16.5. The molecule has 0 bridgehead atoms. The maximum absolute atomic E-state index is 12.7. The summed E-state index contributed by atoms with van der Waals surface area (Å²) in [6.45, 7) is 7.43. The van der Waals surface area contributed by atoms with Gasteiger partial charge in [-0.2, -0.15) is 0 Å². The van der Waals surface area contributed by atoms with Gasteiger partial charge in [0.1, 0.15) is 24.2 Å². The van der Waals surface area contributed by atoms with E-state index in [1.54, 1.807) is 36.4 Å². The molecule has 1 atom stereocenters. The number of aromatic hydroxyl groups is 1. The zero-order valence-corrected chi connectivity index (χ0v) is 21.2. The first kappa shape index (κ1) is 26.5. The summed E-state index contributed by atoms with van der Waals surface area (Å²) in [6, 6.07) is 20.6. The second-order valence-corrected chi connectivity index (χ2v) is 11.2. The van der Waals surface area contributed by atoms with Crippen molar-refractivity contribution in [1.82, 2.24) is 5.32 Å². The van der Waals surface area contributed by atoms with Crippen LogP contribution in [0.25, 0.3) is 0 Å². The number of sulfonamides is 1. The van der Waals surface area contributed by atoms with Crippen molar-refractivity contribution in [2.24, 2.45) is 0 Å². The summed E-state index contributed by atoms with van der Waals surface area (Å²) in [6.07, 6.45) is 0.0605. The van der Waals surface area contributed by atoms with Gasteiger partial charge < -0.3 is 20.3 Å². The van der Waals surface area contributed by atoms with Crippen molar-refractivity contribution in [3.05, 3.63) is 83.9 Å². The lowest BCUT2D eigenvalue weighted by molar-refractivity contribution is 0.106. The summed E-state index contributed by atoms with van der Waals surface area (Å²) < 4.78 is 33.5. The van der Waals surface area contributed by atoms with Gasteiger partial charge in [0.05, 0.1) is 4.90 Å². The third kappa shape index (κ3) is 8.28. The Morgan fingerprint density at radius 3 is 2.14 bits per heavy atom. The van der Waals surface area contributed by atoms with Gasteiger partial charge in [-0.25, -0.2) is 8.42 Å². The normalized spacial score (nSPS) is 12.8. The zero-order valence-electron chi connectivity index (χ0n) is 20.4. The molecule has 0 radical (unpaired) electrons. The Hall–Kier alpha value is -3.07. The average molecular weight is 499 g/mol. The molecular weight excluding hydrogens is 464 g/mol. The predicted octanol–water partition coefficient (Wildman–Crippen LogP) is 4.06. The number of phenolic OH excluding ortho intramolecular Hbond substituents is 1. The van der Waals surface area contributed by atoms with Gasteiger partial charge in [0.2, 0.25) is 0 Å². The number of anilines is 1. The Balaban J connectivity index is 1.42. The molecule has 7 nitrogen and oxygen atoms in total. The van der Waals surface area contributed by atoms with Crippen LogP contribution in [0.15, 0.2) is 77.7 Å². The number of benzene rings is 3. The van der Waals surface area contributed by atoms with Gasteiger partial charge >= 0.3 is 0 Å². The first-order valence-corrected chi connectivity index (χ1v) is 13.0. The number of rotatable bonds is 11. The molecule has 0 heterocycles. The summed E-state index contributed by atoms with van der Waals surface area (Å²) in [7, 11) is -3.66. The fourth-order valence-electron chi connectivity index (χ4n) is 3.38. The highest BCUT2D eigenvalue weighted by Crippen LogP contribution is 2.24. The van der Waals surface area contributed by atoms with Crippen molar-refractivity contribution in [3.63, 3.8) is 0 Å². The third-order valence-electron chi connectivity index (χ3n) is 5.49. The molecule has 0 aromatic heterocycles. The summed E-state index contributed by atoms with van der Waals surface area (Å²) in [5, 5.41) is 22.5. The Bertz CT molecular complexity index is 1170. The van der Waals surface area contributed by atoms with E-state index in [1.807, 2.05) is 24.3 Å².